The van der Waals surface area contributed by atoms with Crippen LogP contribution in [-0.2, 0) is 4.74 Å². The van der Waals surface area contributed by atoms with Crippen LogP contribution in [0, 0.1) is 0 Å². The summed E-state index contributed by atoms with van der Waals surface area (Å²) in [6, 6.07) is 3.59. The van der Waals surface area contributed by atoms with Crippen LogP contribution in [0.15, 0.2) is 29.8 Å². The molecule has 118 valence electrons. The molecular weight excluding hydrogens is 304 g/mol. The molecule has 3 rings (SSSR count). The van der Waals surface area contributed by atoms with Crippen molar-refractivity contribution in [2.75, 3.05) is 0 Å². The molecule has 2 bridgehead atoms. The number of carbonyl (C=O) groups is 1. The number of ether oxygens (including phenoxy) is 2. The van der Waals surface area contributed by atoms with Gasteiger partial charge in [0, 0.05) is 12.5 Å². The molecule has 6 heteroatoms. The van der Waals surface area contributed by atoms with E-state index in [1.54, 1.807) is 23.2 Å². The summed E-state index contributed by atoms with van der Waals surface area (Å²) in [5, 5.41) is 0.424. The van der Waals surface area contributed by atoms with Gasteiger partial charge in [0.2, 0.25) is 0 Å². The topological polar surface area (TPSA) is 51.7 Å². The Morgan fingerprint density at radius 3 is 2.82 bits per heavy atom. The fourth-order valence-electron chi connectivity index (χ4n) is 2.81. The van der Waals surface area contributed by atoms with Crippen LogP contribution in [0.4, 0.5) is 4.79 Å². The van der Waals surface area contributed by atoms with Crippen molar-refractivity contribution in [2.24, 2.45) is 0 Å². The maximum atomic E-state index is 12.3. The highest BCUT2D eigenvalue weighted by molar-refractivity contribution is 6.29. The Hall–Kier alpha value is -1.75. The van der Waals surface area contributed by atoms with E-state index in [4.69, 9.17) is 21.1 Å². The standard InChI is InChI=1S/C16H19ClN2O3/c1-16(2,3)22-15(20)19-10-4-6-12(19)13(8-10)21-11-5-7-14(17)18-9-11/h5,7,9-10H,4,6,8H2,1-3H3. The lowest BCUT2D eigenvalue weighted by Gasteiger charge is -2.25. The number of amides is 1. The summed E-state index contributed by atoms with van der Waals surface area (Å²) in [7, 11) is 0. The molecule has 1 aromatic heterocycles. The highest BCUT2D eigenvalue weighted by Crippen LogP contribution is 2.42. The predicted octanol–water partition coefficient (Wildman–Crippen LogP) is 4.13. The molecule has 1 saturated heterocycles. The van der Waals surface area contributed by atoms with Crippen molar-refractivity contribution in [1.29, 1.82) is 0 Å². The Morgan fingerprint density at radius 1 is 1.41 bits per heavy atom. The third kappa shape index (κ3) is 3.04. The summed E-state index contributed by atoms with van der Waals surface area (Å²) < 4.78 is 11.4. The lowest BCUT2D eigenvalue weighted by Crippen LogP contribution is -2.36. The van der Waals surface area contributed by atoms with Crippen LogP contribution in [0.3, 0.4) is 0 Å². The molecule has 22 heavy (non-hydrogen) atoms. The number of pyridine rings is 1. The first-order valence-corrected chi connectivity index (χ1v) is 7.75. The third-order valence-corrected chi connectivity index (χ3v) is 3.87. The summed E-state index contributed by atoms with van der Waals surface area (Å²) in [5.74, 6) is 1.45. The van der Waals surface area contributed by atoms with E-state index in [1.165, 1.54) is 0 Å². The van der Waals surface area contributed by atoms with Gasteiger partial charge in [-0.2, -0.15) is 0 Å². The molecule has 1 fully saturated rings. The number of rotatable bonds is 2. The minimum atomic E-state index is -0.499. The number of nitrogens with zero attached hydrogens (tertiary/aromatic N) is 2. The quantitative estimate of drug-likeness (QED) is 0.768. The highest BCUT2D eigenvalue weighted by atomic mass is 35.5. The Morgan fingerprint density at radius 2 is 2.18 bits per heavy atom. The zero-order valence-corrected chi connectivity index (χ0v) is 13.7. The monoisotopic (exact) mass is 322 g/mol. The normalized spacial score (nSPS) is 20.5. The number of hydrogen-bond donors (Lipinski definition) is 0. The maximum Gasteiger partial charge on any atom is 0.414 e. The highest BCUT2D eigenvalue weighted by Gasteiger charge is 2.44. The number of allylic oxidation sites excluding steroid dienone is 1. The van der Waals surface area contributed by atoms with Gasteiger partial charge < -0.3 is 9.47 Å². The smallest absolute Gasteiger partial charge is 0.414 e. The van der Waals surface area contributed by atoms with E-state index in [9.17, 15) is 4.79 Å². The zero-order valence-electron chi connectivity index (χ0n) is 12.9. The molecule has 1 atom stereocenters. The fourth-order valence-corrected chi connectivity index (χ4v) is 2.92. The van der Waals surface area contributed by atoms with E-state index >= 15 is 0 Å². The minimum absolute atomic E-state index is 0.139. The third-order valence-electron chi connectivity index (χ3n) is 3.64. The van der Waals surface area contributed by atoms with Crippen LogP contribution in [-0.4, -0.2) is 27.6 Å². The zero-order chi connectivity index (χ0) is 15.9. The van der Waals surface area contributed by atoms with Gasteiger partial charge in [-0.3, -0.25) is 4.90 Å². The van der Waals surface area contributed by atoms with Crippen LogP contribution in [0.1, 0.15) is 40.0 Å². The Balaban J connectivity index is 1.77. The average Bonchev–Trinajstić information content (AvgIpc) is 2.97. The number of fused-ring (bicyclic) bond motifs is 2. The molecule has 0 aromatic carbocycles. The molecule has 0 aliphatic carbocycles. The van der Waals surface area contributed by atoms with Crippen molar-refractivity contribution in [3.05, 3.63) is 34.9 Å². The van der Waals surface area contributed by atoms with Crippen molar-refractivity contribution in [3.63, 3.8) is 0 Å². The molecule has 0 radical (unpaired) electrons. The first-order valence-electron chi connectivity index (χ1n) is 7.37. The first-order chi connectivity index (χ1) is 10.3. The molecule has 1 amide bonds. The second kappa shape index (κ2) is 5.47. The summed E-state index contributed by atoms with van der Waals surface area (Å²) >= 11 is 5.77. The lowest BCUT2D eigenvalue weighted by molar-refractivity contribution is 0.0298. The van der Waals surface area contributed by atoms with Gasteiger partial charge >= 0.3 is 6.09 Å². The number of halogens is 1. The molecule has 1 aromatic rings. The summed E-state index contributed by atoms with van der Waals surface area (Å²) in [6.45, 7) is 5.61. The lowest BCUT2D eigenvalue weighted by atomic mass is 10.1. The molecule has 5 nitrogen and oxygen atoms in total. The van der Waals surface area contributed by atoms with Gasteiger partial charge in [-0.25, -0.2) is 9.78 Å². The second-order valence-corrected chi connectivity index (χ2v) is 6.92. The van der Waals surface area contributed by atoms with Crippen molar-refractivity contribution >= 4 is 17.7 Å². The molecule has 0 saturated carbocycles. The van der Waals surface area contributed by atoms with Gasteiger partial charge in [0.1, 0.15) is 22.3 Å². The average molecular weight is 323 g/mol. The van der Waals surface area contributed by atoms with Gasteiger partial charge in [0.25, 0.3) is 0 Å². The van der Waals surface area contributed by atoms with Crippen molar-refractivity contribution < 1.29 is 14.3 Å². The largest absolute Gasteiger partial charge is 0.458 e. The summed E-state index contributed by atoms with van der Waals surface area (Å²) in [4.78, 5) is 18.1. The second-order valence-electron chi connectivity index (χ2n) is 6.54. The molecule has 1 unspecified atom stereocenters. The van der Waals surface area contributed by atoms with E-state index in [-0.39, 0.29) is 12.1 Å². The fraction of sp³-hybridized carbons (Fsp3) is 0.500. The van der Waals surface area contributed by atoms with Crippen LogP contribution >= 0.6 is 11.6 Å². The van der Waals surface area contributed by atoms with Gasteiger partial charge in [0.05, 0.1) is 11.9 Å². The van der Waals surface area contributed by atoms with Crippen molar-refractivity contribution in [1.82, 2.24) is 9.88 Å². The van der Waals surface area contributed by atoms with Crippen LogP contribution < -0.4 is 4.74 Å². The van der Waals surface area contributed by atoms with E-state index in [1.807, 2.05) is 20.8 Å². The van der Waals surface area contributed by atoms with Gasteiger partial charge in [-0.15, -0.1) is 0 Å². The molecule has 3 heterocycles. The SMILES string of the molecule is CC(C)(C)OC(=O)N1C2=C(Oc3ccc(Cl)nc3)CC1CC2. The molecule has 2 aliphatic heterocycles. The Bertz CT molecular complexity index is 619. The number of aromatic nitrogens is 1. The van der Waals surface area contributed by atoms with Crippen molar-refractivity contribution in [2.45, 2.75) is 51.7 Å². The maximum absolute atomic E-state index is 12.3. The minimum Gasteiger partial charge on any atom is -0.458 e. The number of carbonyl (C=O) groups excluding carboxylic acids is 1. The molecule has 0 N–H and O–H groups in total. The van der Waals surface area contributed by atoms with Crippen LogP contribution in [0.25, 0.3) is 0 Å². The molecule has 0 spiro atoms. The molecule has 2 aliphatic rings. The summed E-state index contributed by atoms with van der Waals surface area (Å²) in [5.41, 5.74) is 0.426. The number of hydrogen-bond acceptors (Lipinski definition) is 4. The Labute approximate surface area is 134 Å². The van der Waals surface area contributed by atoms with E-state index < -0.39 is 5.60 Å². The van der Waals surface area contributed by atoms with Crippen molar-refractivity contribution in [3.8, 4) is 5.75 Å². The predicted molar refractivity (Wildman–Crippen MR) is 82.6 cm³/mol. The molecular formula is C16H19ClN2O3. The van der Waals surface area contributed by atoms with Gasteiger partial charge in [-0.05, 0) is 45.7 Å². The van der Waals surface area contributed by atoms with E-state index in [0.29, 0.717) is 10.9 Å². The summed E-state index contributed by atoms with van der Waals surface area (Å²) in [6.07, 6.45) is 3.80. The van der Waals surface area contributed by atoms with Gasteiger partial charge in [-0.1, -0.05) is 11.6 Å². The van der Waals surface area contributed by atoms with Crippen LogP contribution in [0.2, 0.25) is 5.15 Å². The first kappa shape index (κ1) is 15.2. The van der Waals surface area contributed by atoms with Crippen LogP contribution in [0.5, 0.6) is 5.75 Å². The van der Waals surface area contributed by atoms with E-state index in [0.717, 1.165) is 30.7 Å². The van der Waals surface area contributed by atoms with E-state index in [2.05, 4.69) is 4.98 Å². The Kier molecular flexibility index (Phi) is 3.77. The van der Waals surface area contributed by atoms with Gasteiger partial charge in [0.15, 0.2) is 0 Å².